The van der Waals surface area contributed by atoms with Gasteiger partial charge < -0.3 is 14.4 Å². The van der Waals surface area contributed by atoms with Gasteiger partial charge in [0.05, 0.1) is 42.3 Å². The molecule has 2 aromatic heterocycles. The summed E-state index contributed by atoms with van der Waals surface area (Å²) in [4.78, 5) is 7.40. The summed E-state index contributed by atoms with van der Waals surface area (Å²) in [5.74, 6) is 2.64. The van der Waals surface area contributed by atoms with Crippen LogP contribution in [0, 0.1) is 12.8 Å². The maximum atomic E-state index is 6.62. The molecule has 160 valence electrons. The molecule has 0 saturated heterocycles. The summed E-state index contributed by atoms with van der Waals surface area (Å²) < 4.78 is 13.1. The molecule has 0 N–H and O–H groups in total. The van der Waals surface area contributed by atoms with E-state index >= 15 is 0 Å². The smallest absolute Gasteiger partial charge is 0.165 e. The fraction of sp³-hybridized carbons (Fsp3) is 0.455. The third kappa shape index (κ3) is 3.51. The average Bonchev–Trinajstić information content (AvgIpc) is 3.32. The third-order valence-corrected chi connectivity index (χ3v) is 6.20. The van der Waals surface area contributed by atoms with Gasteiger partial charge in [0.25, 0.3) is 0 Å². The lowest BCUT2D eigenvalue weighted by Crippen LogP contribution is -2.29. The van der Waals surface area contributed by atoms with Crippen molar-refractivity contribution in [2.24, 2.45) is 5.92 Å². The van der Waals surface area contributed by atoms with Gasteiger partial charge in [0, 0.05) is 24.2 Å². The molecule has 0 spiro atoms. The van der Waals surface area contributed by atoms with Crippen molar-refractivity contribution >= 4 is 35.5 Å². The van der Waals surface area contributed by atoms with E-state index in [1.54, 1.807) is 7.11 Å². The first-order chi connectivity index (χ1) is 14.1. The molecule has 0 radical (unpaired) electrons. The monoisotopic (exact) mass is 448 g/mol. The minimum absolute atomic E-state index is 0. The molecule has 30 heavy (non-hydrogen) atoms. The molecule has 1 saturated carbocycles. The molecule has 1 aromatic carbocycles. The second-order valence-corrected chi connectivity index (χ2v) is 8.28. The molecule has 1 fully saturated rings. The summed E-state index contributed by atoms with van der Waals surface area (Å²) in [5, 5.41) is 5.55. The standard InChI is InChI=1S/C22H25ClN4O2.ClH/c1-4-26(10-14-5-6-14)22-17-11-29-12-19(17)24-21-20(13(2)25-27(21)22)16-8-7-15(28-3)9-18(16)23;/h7-9,14H,4-6,10-12H2,1-3H3;1H. The first-order valence-electron chi connectivity index (χ1n) is 10.2. The number of anilines is 1. The van der Waals surface area contributed by atoms with Gasteiger partial charge in [-0.15, -0.1) is 12.4 Å². The van der Waals surface area contributed by atoms with E-state index in [4.69, 9.17) is 31.2 Å². The van der Waals surface area contributed by atoms with Crippen molar-refractivity contribution in [3.63, 3.8) is 0 Å². The number of benzene rings is 1. The van der Waals surface area contributed by atoms with Crippen LogP contribution in [0.3, 0.4) is 0 Å². The molecule has 0 bridgehead atoms. The van der Waals surface area contributed by atoms with Gasteiger partial charge >= 0.3 is 0 Å². The predicted octanol–water partition coefficient (Wildman–Crippen LogP) is 5.06. The van der Waals surface area contributed by atoms with Gasteiger partial charge in [-0.05, 0) is 50.8 Å². The maximum absolute atomic E-state index is 6.62. The molecule has 3 heterocycles. The molecule has 1 aliphatic heterocycles. The molecular weight excluding hydrogens is 423 g/mol. The minimum Gasteiger partial charge on any atom is -0.497 e. The predicted molar refractivity (Wildman–Crippen MR) is 121 cm³/mol. The molecular formula is C22H26Cl2N4O2. The fourth-order valence-corrected chi connectivity index (χ4v) is 4.44. The molecule has 0 amide bonds. The van der Waals surface area contributed by atoms with Crippen LogP contribution in [-0.4, -0.2) is 34.8 Å². The topological polar surface area (TPSA) is 51.9 Å². The average molecular weight is 449 g/mol. The number of aryl methyl sites for hydroxylation is 1. The number of halogens is 2. The summed E-state index contributed by atoms with van der Waals surface area (Å²) in [5.41, 5.74) is 5.81. The lowest BCUT2D eigenvalue weighted by molar-refractivity contribution is 0.133. The van der Waals surface area contributed by atoms with Crippen molar-refractivity contribution in [2.45, 2.75) is 39.9 Å². The quantitative estimate of drug-likeness (QED) is 0.527. The number of hydrogen-bond donors (Lipinski definition) is 0. The molecule has 2 aliphatic rings. The molecule has 0 unspecified atom stereocenters. The van der Waals surface area contributed by atoms with E-state index in [2.05, 4.69) is 11.8 Å². The lowest BCUT2D eigenvalue weighted by Gasteiger charge is -2.25. The van der Waals surface area contributed by atoms with Gasteiger partial charge in [-0.2, -0.15) is 9.61 Å². The lowest BCUT2D eigenvalue weighted by atomic mass is 10.1. The van der Waals surface area contributed by atoms with Crippen LogP contribution in [0.4, 0.5) is 5.82 Å². The van der Waals surface area contributed by atoms with Crippen LogP contribution < -0.4 is 9.64 Å². The van der Waals surface area contributed by atoms with Crippen LogP contribution in [-0.2, 0) is 18.0 Å². The van der Waals surface area contributed by atoms with Crippen LogP contribution in [0.25, 0.3) is 16.8 Å². The van der Waals surface area contributed by atoms with E-state index in [0.29, 0.717) is 18.2 Å². The van der Waals surface area contributed by atoms with Crippen LogP contribution in [0.15, 0.2) is 18.2 Å². The highest BCUT2D eigenvalue weighted by Gasteiger charge is 2.31. The largest absolute Gasteiger partial charge is 0.497 e. The van der Waals surface area contributed by atoms with Crippen LogP contribution in [0.2, 0.25) is 5.02 Å². The van der Waals surface area contributed by atoms with E-state index in [0.717, 1.165) is 64.3 Å². The highest BCUT2D eigenvalue weighted by atomic mass is 35.5. The third-order valence-electron chi connectivity index (χ3n) is 5.88. The Morgan fingerprint density at radius 2 is 2.10 bits per heavy atom. The second-order valence-electron chi connectivity index (χ2n) is 7.88. The molecule has 3 aromatic rings. The Balaban J connectivity index is 0.00000218. The van der Waals surface area contributed by atoms with E-state index in [-0.39, 0.29) is 12.4 Å². The summed E-state index contributed by atoms with van der Waals surface area (Å²) in [6.07, 6.45) is 2.63. The van der Waals surface area contributed by atoms with Crippen LogP contribution in [0.1, 0.15) is 36.7 Å². The number of nitrogens with zero attached hydrogens (tertiary/aromatic N) is 4. The second kappa shape index (κ2) is 8.25. The molecule has 0 atom stereocenters. The van der Waals surface area contributed by atoms with E-state index < -0.39 is 0 Å². The van der Waals surface area contributed by atoms with Gasteiger partial charge in [-0.25, -0.2) is 4.98 Å². The Labute approximate surface area is 187 Å². The van der Waals surface area contributed by atoms with Gasteiger partial charge in [0.15, 0.2) is 5.65 Å². The normalized spacial score (nSPS) is 15.2. The number of aromatic nitrogens is 3. The molecule has 6 nitrogen and oxygen atoms in total. The fourth-order valence-electron chi connectivity index (χ4n) is 4.18. The van der Waals surface area contributed by atoms with E-state index in [1.807, 2.05) is 29.6 Å². The highest BCUT2D eigenvalue weighted by Crippen LogP contribution is 2.40. The molecule has 8 heteroatoms. The Hall–Kier alpha value is -2.02. The van der Waals surface area contributed by atoms with Crippen LogP contribution in [0.5, 0.6) is 5.75 Å². The summed E-state index contributed by atoms with van der Waals surface area (Å²) in [7, 11) is 1.64. The van der Waals surface area contributed by atoms with Gasteiger partial charge in [0.2, 0.25) is 0 Å². The minimum atomic E-state index is 0. The number of hydrogen-bond acceptors (Lipinski definition) is 5. The van der Waals surface area contributed by atoms with Crippen molar-refractivity contribution in [1.29, 1.82) is 0 Å². The van der Waals surface area contributed by atoms with Crippen molar-refractivity contribution in [1.82, 2.24) is 14.6 Å². The van der Waals surface area contributed by atoms with Crippen molar-refractivity contribution in [3.05, 3.63) is 40.2 Å². The van der Waals surface area contributed by atoms with Gasteiger partial charge in [0.1, 0.15) is 11.6 Å². The molecule has 1 aliphatic carbocycles. The maximum Gasteiger partial charge on any atom is 0.165 e. The number of rotatable bonds is 6. The van der Waals surface area contributed by atoms with Gasteiger partial charge in [-0.1, -0.05) is 11.6 Å². The number of ether oxygens (including phenoxy) is 2. The highest BCUT2D eigenvalue weighted by molar-refractivity contribution is 6.33. The zero-order valence-electron chi connectivity index (χ0n) is 17.4. The van der Waals surface area contributed by atoms with E-state index in [1.165, 1.54) is 12.8 Å². The zero-order chi connectivity index (χ0) is 20.1. The zero-order valence-corrected chi connectivity index (χ0v) is 19.0. The number of fused-ring (bicyclic) bond motifs is 2. The van der Waals surface area contributed by atoms with E-state index in [9.17, 15) is 0 Å². The number of methoxy groups -OCH3 is 1. The van der Waals surface area contributed by atoms with Crippen molar-refractivity contribution in [3.8, 4) is 16.9 Å². The van der Waals surface area contributed by atoms with Crippen molar-refractivity contribution in [2.75, 3.05) is 25.1 Å². The molecule has 5 rings (SSSR count). The Kier molecular flexibility index (Phi) is 5.84. The first kappa shape index (κ1) is 21.2. The summed E-state index contributed by atoms with van der Waals surface area (Å²) in [6.45, 7) is 7.34. The Morgan fingerprint density at radius 1 is 1.30 bits per heavy atom. The summed E-state index contributed by atoms with van der Waals surface area (Å²) >= 11 is 6.62. The summed E-state index contributed by atoms with van der Waals surface area (Å²) in [6, 6.07) is 5.74. The van der Waals surface area contributed by atoms with Crippen molar-refractivity contribution < 1.29 is 9.47 Å². The SMILES string of the molecule is CCN(CC1CC1)c1c2c(nc3c(-c4ccc(OC)cc4Cl)c(C)nn13)COC2.Cl. The first-order valence-corrected chi connectivity index (χ1v) is 10.6. The Bertz CT molecular complexity index is 1090. The Morgan fingerprint density at radius 3 is 2.77 bits per heavy atom. The van der Waals surface area contributed by atoms with Gasteiger partial charge in [-0.3, -0.25) is 0 Å². The van der Waals surface area contributed by atoms with Crippen LogP contribution >= 0.6 is 24.0 Å².